The lowest BCUT2D eigenvalue weighted by Gasteiger charge is -2.11. The summed E-state index contributed by atoms with van der Waals surface area (Å²) in [5.41, 5.74) is 1.78. The molecule has 0 saturated carbocycles. The summed E-state index contributed by atoms with van der Waals surface area (Å²) in [7, 11) is -3.25. The highest BCUT2D eigenvalue weighted by molar-refractivity contribution is 7.92. The van der Waals surface area contributed by atoms with E-state index in [1.54, 1.807) is 6.07 Å². The van der Waals surface area contributed by atoms with Crippen molar-refractivity contribution in [1.82, 2.24) is 5.32 Å². The van der Waals surface area contributed by atoms with Crippen LogP contribution in [0.15, 0.2) is 24.3 Å². The van der Waals surface area contributed by atoms with E-state index in [1.165, 1.54) is 0 Å². The Labute approximate surface area is 123 Å². The molecule has 0 aliphatic rings. The van der Waals surface area contributed by atoms with Gasteiger partial charge in [0.05, 0.1) is 5.75 Å². The molecule has 0 radical (unpaired) electrons. The van der Waals surface area contributed by atoms with Crippen LogP contribution in [0.3, 0.4) is 0 Å². The fourth-order valence-electron chi connectivity index (χ4n) is 1.88. The first-order chi connectivity index (χ1) is 9.44. The molecule has 114 valence electrons. The molecule has 0 heterocycles. The quantitative estimate of drug-likeness (QED) is 0.689. The van der Waals surface area contributed by atoms with Gasteiger partial charge in [0.15, 0.2) is 0 Å². The SMILES string of the molecule is CCCNCCCS(=O)(=O)Nc1cccc(C(C)C)c1. The Balaban J connectivity index is 2.51. The lowest BCUT2D eigenvalue weighted by molar-refractivity contribution is 0.593. The van der Waals surface area contributed by atoms with Crippen LogP contribution in [-0.4, -0.2) is 27.3 Å². The Hall–Kier alpha value is -1.07. The van der Waals surface area contributed by atoms with Crippen LogP contribution < -0.4 is 10.0 Å². The van der Waals surface area contributed by atoms with Crippen molar-refractivity contribution in [2.45, 2.75) is 39.5 Å². The van der Waals surface area contributed by atoms with Crippen molar-refractivity contribution in [2.75, 3.05) is 23.6 Å². The Kier molecular flexibility index (Phi) is 7.02. The highest BCUT2D eigenvalue weighted by Crippen LogP contribution is 2.19. The second-order valence-electron chi connectivity index (χ2n) is 5.30. The maximum absolute atomic E-state index is 12.0. The summed E-state index contributed by atoms with van der Waals surface area (Å²) in [6, 6.07) is 7.59. The molecule has 0 atom stereocenters. The largest absolute Gasteiger partial charge is 0.317 e. The first-order valence-corrected chi connectivity index (χ1v) is 8.91. The summed E-state index contributed by atoms with van der Waals surface area (Å²) in [6.45, 7) is 7.94. The molecule has 0 aliphatic heterocycles. The summed E-state index contributed by atoms with van der Waals surface area (Å²) in [5, 5.41) is 3.20. The number of nitrogens with one attached hydrogen (secondary N) is 2. The fraction of sp³-hybridized carbons (Fsp3) is 0.600. The number of anilines is 1. The van der Waals surface area contributed by atoms with Gasteiger partial charge in [0.1, 0.15) is 0 Å². The topological polar surface area (TPSA) is 58.2 Å². The highest BCUT2D eigenvalue weighted by atomic mass is 32.2. The van der Waals surface area contributed by atoms with Crippen LogP contribution in [0.4, 0.5) is 5.69 Å². The number of sulfonamides is 1. The third kappa shape index (κ3) is 6.39. The molecule has 0 fully saturated rings. The maximum atomic E-state index is 12.0. The van der Waals surface area contributed by atoms with Crippen LogP contribution in [0.5, 0.6) is 0 Å². The first kappa shape index (κ1) is 17.0. The van der Waals surface area contributed by atoms with Gasteiger partial charge in [-0.25, -0.2) is 8.42 Å². The van der Waals surface area contributed by atoms with Crippen molar-refractivity contribution in [3.63, 3.8) is 0 Å². The van der Waals surface area contributed by atoms with Gasteiger partial charge in [-0.2, -0.15) is 0 Å². The molecule has 5 heteroatoms. The molecule has 0 spiro atoms. The summed E-state index contributed by atoms with van der Waals surface area (Å²) in [5.74, 6) is 0.535. The van der Waals surface area contributed by atoms with Gasteiger partial charge in [0.2, 0.25) is 10.0 Å². The Morgan fingerprint density at radius 1 is 1.20 bits per heavy atom. The van der Waals surface area contributed by atoms with Crippen LogP contribution >= 0.6 is 0 Å². The zero-order valence-corrected chi connectivity index (χ0v) is 13.5. The minimum absolute atomic E-state index is 0.148. The second-order valence-corrected chi connectivity index (χ2v) is 7.15. The van der Waals surface area contributed by atoms with Gasteiger partial charge < -0.3 is 5.32 Å². The van der Waals surface area contributed by atoms with Gasteiger partial charge >= 0.3 is 0 Å². The van der Waals surface area contributed by atoms with E-state index in [-0.39, 0.29) is 5.75 Å². The van der Waals surface area contributed by atoms with E-state index in [0.29, 0.717) is 18.0 Å². The van der Waals surface area contributed by atoms with E-state index in [1.807, 2.05) is 18.2 Å². The lowest BCUT2D eigenvalue weighted by Crippen LogP contribution is -2.22. The molecule has 0 saturated heterocycles. The van der Waals surface area contributed by atoms with Gasteiger partial charge in [-0.05, 0) is 49.5 Å². The molecule has 0 bridgehead atoms. The Morgan fingerprint density at radius 3 is 2.60 bits per heavy atom. The number of hydrogen-bond donors (Lipinski definition) is 2. The Bertz CT molecular complexity index is 498. The summed E-state index contributed by atoms with van der Waals surface area (Å²) in [6.07, 6.45) is 1.69. The lowest BCUT2D eigenvalue weighted by atomic mass is 10.0. The zero-order valence-electron chi connectivity index (χ0n) is 12.6. The summed E-state index contributed by atoms with van der Waals surface area (Å²) >= 11 is 0. The van der Waals surface area contributed by atoms with Crippen molar-refractivity contribution in [3.05, 3.63) is 29.8 Å². The van der Waals surface area contributed by atoms with Gasteiger partial charge in [-0.15, -0.1) is 0 Å². The smallest absolute Gasteiger partial charge is 0.232 e. The molecule has 20 heavy (non-hydrogen) atoms. The molecule has 0 aromatic heterocycles. The number of rotatable bonds is 9. The molecule has 0 aliphatic carbocycles. The van der Waals surface area contributed by atoms with Gasteiger partial charge in [-0.1, -0.05) is 32.9 Å². The van der Waals surface area contributed by atoms with Gasteiger partial charge in [0.25, 0.3) is 0 Å². The molecule has 1 aromatic rings. The average molecular weight is 298 g/mol. The average Bonchev–Trinajstić information content (AvgIpc) is 2.38. The van der Waals surface area contributed by atoms with Crippen LogP contribution in [0.1, 0.15) is 45.1 Å². The fourth-order valence-corrected chi connectivity index (χ4v) is 2.99. The molecular formula is C15H26N2O2S. The zero-order chi connectivity index (χ0) is 15.0. The van der Waals surface area contributed by atoms with E-state index < -0.39 is 10.0 Å². The van der Waals surface area contributed by atoms with E-state index in [4.69, 9.17) is 0 Å². The third-order valence-corrected chi connectivity index (χ3v) is 4.39. The molecule has 4 nitrogen and oxygen atoms in total. The first-order valence-electron chi connectivity index (χ1n) is 7.26. The predicted molar refractivity (Wildman–Crippen MR) is 85.7 cm³/mol. The molecule has 1 aromatic carbocycles. The minimum Gasteiger partial charge on any atom is -0.317 e. The van der Waals surface area contributed by atoms with E-state index >= 15 is 0 Å². The van der Waals surface area contributed by atoms with Gasteiger partial charge in [-0.3, -0.25) is 4.72 Å². The third-order valence-electron chi connectivity index (χ3n) is 3.02. The van der Waals surface area contributed by atoms with E-state index in [2.05, 4.69) is 30.8 Å². The van der Waals surface area contributed by atoms with Crippen LogP contribution in [-0.2, 0) is 10.0 Å². The van der Waals surface area contributed by atoms with Crippen molar-refractivity contribution < 1.29 is 8.42 Å². The van der Waals surface area contributed by atoms with Crippen molar-refractivity contribution in [1.29, 1.82) is 0 Å². The summed E-state index contributed by atoms with van der Waals surface area (Å²) in [4.78, 5) is 0. The standard InChI is InChI=1S/C15H26N2O2S/c1-4-9-16-10-6-11-20(18,19)17-15-8-5-7-14(12-15)13(2)3/h5,7-8,12-13,16-17H,4,6,9-11H2,1-3H3. The summed E-state index contributed by atoms with van der Waals surface area (Å²) < 4.78 is 26.6. The number of benzene rings is 1. The van der Waals surface area contributed by atoms with E-state index in [0.717, 1.165) is 25.1 Å². The van der Waals surface area contributed by atoms with Crippen molar-refractivity contribution >= 4 is 15.7 Å². The van der Waals surface area contributed by atoms with Crippen LogP contribution in [0.2, 0.25) is 0 Å². The molecule has 0 unspecified atom stereocenters. The van der Waals surface area contributed by atoms with Gasteiger partial charge in [0, 0.05) is 5.69 Å². The second kappa shape index (κ2) is 8.27. The predicted octanol–water partition coefficient (Wildman–Crippen LogP) is 2.94. The molecule has 1 rings (SSSR count). The molecule has 2 N–H and O–H groups in total. The molecular weight excluding hydrogens is 272 g/mol. The van der Waals surface area contributed by atoms with E-state index in [9.17, 15) is 8.42 Å². The maximum Gasteiger partial charge on any atom is 0.232 e. The highest BCUT2D eigenvalue weighted by Gasteiger charge is 2.10. The van der Waals surface area contributed by atoms with Crippen molar-refractivity contribution in [2.24, 2.45) is 0 Å². The van der Waals surface area contributed by atoms with Crippen LogP contribution in [0.25, 0.3) is 0 Å². The molecule has 0 amide bonds. The monoisotopic (exact) mass is 298 g/mol. The van der Waals surface area contributed by atoms with Crippen LogP contribution in [0, 0.1) is 0 Å². The number of hydrogen-bond acceptors (Lipinski definition) is 3. The van der Waals surface area contributed by atoms with Crippen molar-refractivity contribution in [3.8, 4) is 0 Å². The minimum atomic E-state index is -3.25. The normalized spacial score (nSPS) is 11.8. The Morgan fingerprint density at radius 2 is 1.95 bits per heavy atom.